The van der Waals surface area contributed by atoms with Crippen LogP contribution in [0.2, 0.25) is 0 Å². The van der Waals surface area contributed by atoms with E-state index in [0.29, 0.717) is 27.8 Å². The van der Waals surface area contributed by atoms with Gasteiger partial charge < -0.3 is 4.42 Å². The molecular formula is C24H21N3O5S2. The number of furan rings is 1. The maximum atomic E-state index is 12.6. The molecule has 0 atom stereocenters. The van der Waals surface area contributed by atoms with E-state index in [1.54, 1.807) is 66.0 Å². The first-order valence-electron chi connectivity index (χ1n) is 10.1. The molecule has 1 N–H and O–H groups in total. The predicted molar refractivity (Wildman–Crippen MR) is 133 cm³/mol. The number of hydrogen-bond donors (Lipinski definition) is 1. The van der Waals surface area contributed by atoms with Crippen molar-refractivity contribution in [1.29, 1.82) is 0 Å². The summed E-state index contributed by atoms with van der Waals surface area (Å²) in [5.74, 6) is 0.193. The van der Waals surface area contributed by atoms with Gasteiger partial charge in [-0.1, -0.05) is 36.4 Å². The average Bonchev–Trinajstić information content (AvgIpc) is 3.48. The summed E-state index contributed by atoms with van der Waals surface area (Å²) in [4.78, 5) is 28.5. The third-order valence-electron chi connectivity index (χ3n) is 5.15. The van der Waals surface area contributed by atoms with Crippen molar-refractivity contribution in [2.24, 2.45) is 0 Å². The zero-order chi connectivity index (χ0) is 24.5. The van der Waals surface area contributed by atoms with Crippen LogP contribution in [0, 0.1) is 0 Å². The van der Waals surface area contributed by atoms with Gasteiger partial charge in [-0.2, -0.15) is 0 Å². The molecule has 8 nitrogen and oxygen atoms in total. The third-order valence-corrected chi connectivity index (χ3v) is 7.12. The Morgan fingerprint density at radius 2 is 1.62 bits per heavy atom. The largest absolute Gasteiger partial charge is 0.451 e. The van der Waals surface area contributed by atoms with Gasteiger partial charge in [0, 0.05) is 29.1 Å². The number of sulfonamides is 1. The van der Waals surface area contributed by atoms with Crippen molar-refractivity contribution in [3.8, 4) is 22.6 Å². The molecule has 0 aliphatic heterocycles. The lowest BCUT2D eigenvalue weighted by Crippen LogP contribution is -2.24. The molecule has 4 aromatic rings. The van der Waals surface area contributed by atoms with E-state index in [2.05, 4.69) is 10.3 Å². The van der Waals surface area contributed by atoms with Gasteiger partial charge in [-0.25, -0.2) is 13.4 Å². The molecule has 10 heteroatoms. The molecule has 0 saturated heterocycles. The number of benzene rings is 2. The minimum atomic E-state index is -3.34. The van der Waals surface area contributed by atoms with Crippen LogP contribution >= 0.6 is 11.3 Å². The van der Waals surface area contributed by atoms with E-state index in [1.807, 2.05) is 0 Å². The molecule has 0 spiro atoms. The number of nitrogens with one attached hydrogen (secondary N) is 1. The molecule has 0 bridgehead atoms. The van der Waals surface area contributed by atoms with Crippen LogP contribution in [0.3, 0.4) is 0 Å². The van der Waals surface area contributed by atoms with Gasteiger partial charge in [0.1, 0.15) is 5.76 Å². The number of carbonyl (C=O) groups excluding carboxylic acids is 2. The van der Waals surface area contributed by atoms with Crippen LogP contribution in [-0.4, -0.2) is 38.4 Å². The van der Waals surface area contributed by atoms with Crippen LogP contribution < -0.4 is 9.62 Å². The molecule has 0 fully saturated rings. The van der Waals surface area contributed by atoms with E-state index >= 15 is 0 Å². The summed E-state index contributed by atoms with van der Waals surface area (Å²) in [6.45, 7) is 1.50. The fourth-order valence-corrected chi connectivity index (χ4v) is 4.36. The number of ketones is 1. The van der Waals surface area contributed by atoms with E-state index in [9.17, 15) is 18.0 Å². The van der Waals surface area contributed by atoms with Gasteiger partial charge in [-0.05, 0) is 31.2 Å². The first-order valence-corrected chi connectivity index (χ1v) is 12.9. The number of rotatable bonds is 7. The summed E-state index contributed by atoms with van der Waals surface area (Å²) < 4.78 is 30.2. The second kappa shape index (κ2) is 9.24. The van der Waals surface area contributed by atoms with E-state index in [0.717, 1.165) is 17.4 Å². The Morgan fingerprint density at radius 1 is 0.971 bits per heavy atom. The van der Waals surface area contributed by atoms with Crippen molar-refractivity contribution in [3.05, 3.63) is 77.4 Å². The normalized spacial score (nSPS) is 11.3. The van der Waals surface area contributed by atoms with Gasteiger partial charge in [0.15, 0.2) is 16.7 Å². The van der Waals surface area contributed by atoms with Crippen molar-refractivity contribution >= 4 is 43.9 Å². The van der Waals surface area contributed by atoms with E-state index < -0.39 is 15.9 Å². The highest BCUT2D eigenvalue weighted by Gasteiger charge is 2.16. The van der Waals surface area contributed by atoms with Gasteiger partial charge in [-0.15, -0.1) is 11.3 Å². The van der Waals surface area contributed by atoms with Crippen LogP contribution in [0.25, 0.3) is 22.6 Å². The van der Waals surface area contributed by atoms with E-state index in [1.165, 1.54) is 29.6 Å². The number of aromatic nitrogens is 1. The Hall–Kier alpha value is -3.76. The number of amides is 1. The number of Topliss-reactive ketones (excluding diaryl/α,β-unsaturated/α-hetero) is 1. The molecule has 0 aliphatic carbocycles. The Bertz CT molecular complexity index is 1450. The van der Waals surface area contributed by atoms with Gasteiger partial charge in [0.05, 0.1) is 17.6 Å². The first-order chi connectivity index (χ1) is 16.1. The SMILES string of the molecule is CC(=O)c1ccc(-c2ccc(C(=O)Nc3nc(-c4ccc(N(C)S(C)(=O)=O)cc4)cs3)o2)cc1. The number of nitrogens with zero attached hydrogens (tertiary/aromatic N) is 2. The minimum absolute atomic E-state index is 0.0222. The van der Waals surface area contributed by atoms with Crippen molar-refractivity contribution in [3.63, 3.8) is 0 Å². The van der Waals surface area contributed by atoms with Crippen LogP contribution in [0.1, 0.15) is 27.8 Å². The molecule has 0 aliphatic rings. The summed E-state index contributed by atoms with van der Waals surface area (Å²) in [7, 11) is -1.85. The monoisotopic (exact) mass is 495 g/mol. The topological polar surface area (TPSA) is 110 Å². The Kier molecular flexibility index (Phi) is 6.36. The van der Waals surface area contributed by atoms with Crippen LogP contribution in [0.4, 0.5) is 10.8 Å². The standard InChI is InChI=1S/C24H21N3O5S2/c1-15(28)16-4-6-18(7-5-16)21-12-13-22(32-21)23(29)26-24-25-20(14-33-24)17-8-10-19(11-9-17)27(2)34(3,30)31/h4-14H,1-3H3,(H,25,26,29). The molecular weight excluding hydrogens is 474 g/mol. The third kappa shape index (κ3) is 5.08. The number of hydrogen-bond acceptors (Lipinski definition) is 7. The lowest BCUT2D eigenvalue weighted by molar-refractivity contribution is 0.0994. The molecule has 2 heterocycles. The Labute approximate surface area is 200 Å². The highest BCUT2D eigenvalue weighted by molar-refractivity contribution is 7.92. The lowest BCUT2D eigenvalue weighted by atomic mass is 10.1. The van der Waals surface area contributed by atoms with Crippen LogP contribution in [-0.2, 0) is 10.0 Å². The Morgan fingerprint density at radius 3 is 2.24 bits per heavy atom. The Balaban J connectivity index is 1.44. The molecule has 174 valence electrons. The van der Waals surface area contributed by atoms with Crippen molar-refractivity contribution in [2.45, 2.75) is 6.92 Å². The van der Waals surface area contributed by atoms with Gasteiger partial charge in [-0.3, -0.25) is 19.2 Å². The van der Waals surface area contributed by atoms with Crippen molar-refractivity contribution < 1.29 is 22.4 Å². The van der Waals surface area contributed by atoms with Gasteiger partial charge in [0.2, 0.25) is 10.0 Å². The summed E-state index contributed by atoms with van der Waals surface area (Å²) in [5, 5.41) is 4.93. The number of anilines is 2. The molecule has 34 heavy (non-hydrogen) atoms. The molecule has 2 aromatic carbocycles. The zero-order valence-electron chi connectivity index (χ0n) is 18.6. The zero-order valence-corrected chi connectivity index (χ0v) is 20.2. The molecule has 0 unspecified atom stereocenters. The van der Waals surface area contributed by atoms with Crippen LogP contribution in [0.5, 0.6) is 0 Å². The molecule has 0 saturated carbocycles. The van der Waals surface area contributed by atoms with E-state index in [-0.39, 0.29) is 11.5 Å². The molecule has 4 rings (SSSR count). The smallest absolute Gasteiger partial charge is 0.293 e. The molecule has 2 aromatic heterocycles. The van der Waals surface area contributed by atoms with Crippen LogP contribution in [0.15, 0.2) is 70.5 Å². The maximum absolute atomic E-state index is 12.6. The summed E-state index contributed by atoms with van der Waals surface area (Å²) in [6, 6.07) is 17.2. The molecule has 0 radical (unpaired) electrons. The average molecular weight is 496 g/mol. The van der Waals surface area contributed by atoms with E-state index in [4.69, 9.17) is 4.42 Å². The fourth-order valence-electron chi connectivity index (χ4n) is 3.14. The first kappa shape index (κ1) is 23.4. The number of thiazole rings is 1. The second-order valence-electron chi connectivity index (χ2n) is 7.57. The second-order valence-corrected chi connectivity index (χ2v) is 10.4. The van der Waals surface area contributed by atoms with Crippen molar-refractivity contribution in [2.75, 3.05) is 22.9 Å². The summed E-state index contributed by atoms with van der Waals surface area (Å²) in [6.07, 6.45) is 1.14. The quantitative estimate of drug-likeness (QED) is 0.365. The summed E-state index contributed by atoms with van der Waals surface area (Å²) in [5.41, 5.74) is 3.34. The maximum Gasteiger partial charge on any atom is 0.293 e. The highest BCUT2D eigenvalue weighted by Crippen LogP contribution is 2.28. The van der Waals surface area contributed by atoms with Gasteiger partial charge in [0.25, 0.3) is 5.91 Å². The fraction of sp³-hybridized carbons (Fsp3) is 0.125. The lowest BCUT2D eigenvalue weighted by Gasteiger charge is -2.16. The van der Waals surface area contributed by atoms with Crippen molar-refractivity contribution in [1.82, 2.24) is 4.98 Å². The minimum Gasteiger partial charge on any atom is -0.451 e. The van der Waals surface area contributed by atoms with Gasteiger partial charge >= 0.3 is 0 Å². The highest BCUT2D eigenvalue weighted by atomic mass is 32.2. The summed E-state index contributed by atoms with van der Waals surface area (Å²) >= 11 is 1.27. The molecule has 1 amide bonds. The number of carbonyl (C=O) groups is 2. The predicted octanol–water partition coefficient (Wildman–Crippen LogP) is 4.92.